The summed E-state index contributed by atoms with van der Waals surface area (Å²) in [6, 6.07) is 13.2. The van der Waals surface area contributed by atoms with Crippen molar-refractivity contribution in [3.8, 4) is 5.75 Å². The van der Waals surface area contributed by atoms with Crippen molar-refractivity contribution in [3.63, 3.8) is 0 Å². The third-order valence-corrected chi connectivity index (χ3v) is 7.82. The smallest absolute Gasteiger partial charge is 0.244 e. The van der Waals surface area contributed by atoms with Crippen molar-refractivity contribution in [2.45, 2.75) is 51.2 Å². The number of hydrogen-bond donors (Lipinski definition) is 1. The second kappa shape index (κ2) is 11.9. The summed E-state index contributed by atoms with van der Waals surface area (Å²) >= 11 is 3.34. The number of benzene rings is 2. The molecular formula is C25H32BrN3O5S. The molecule has 0 bridgehead atoms. The van der Waals surface area contributed by atoms with Gasteiger partial charge in [-0.15, -0.1) is 0 Å². The molecule has 10 heteroatoms. The SMILES string of the molecule is COc1cccc(CN(C(=O)CN(c2ccc(Br)cc2)S(C)(=O)=O)[C@H](C)C(=O)NC2CCCC2)c1. The van der Waals surface area contributed by atoms with Crippen LogP contribution in [0.1, 0.15) is 38.2 Å². The maximum atomic E-state index is 13.6. The molecule has 2 aromatic carbocycles. The molecule has 1 atom stereocenters. The Bertz CT molecular complexity index is 1130. The monoisotopic (exact) mass is 565 g/mol. The fourth-order valence-corrected chi connectivity index (χ4v) is 5.28. The van der Waals surface area contributed by atoms with Gasteiger partial charge in [-0.3, -0.25) is 13.9 Å². The van der Waals surface area contributed by atoms with E-state index in [-0.39, 0.29) is 18.5 Å². The summed E-state index contributed by atoms with van der Waals surface area (Å²) in [5.41, 5.74) is 1.14. The highest BCUT2D eigenvalue weighted by Crippen LogP contribution is 2.23. The molecule has 190 valence electrons. The van der Waals surface area contributed by atoms with Crippen LogP contribution in [0.3, 0.4) is 0 Å². The Labute approximate surface area is 215 Å². The predicted octanol–water partition coefficient (Wildman–Crippen LogP) is 3.70. The molecule has 0 aliphatic heterocycles. The molecule has 1 fully saturated rings. The first-order chi connectivity index (χ1) is 16.6. The largest absolute Gasteiger partial charge is 0.497 e. The number of rotatable bonds is 10. The molecule has 1 N–H and O–H groups in total. The van der Waals surface area contributed by atoms with Crippen molar-refractivity contribution in [1.29, 1.82) is 0 Å². The number of sulfonamides is 1. The van der Waals surface area contributed by atoms with Crippen molar-refractivity contribution >= 4 is 43.5 Å². The van der Waals surface area contributed by atoms with E-state index >= 15 is 0 Å². The average molecular weight is 567 g/mol. The van der Waals surface area contributed by atoms with Gasteiger partial charge in [0.2, 0.25) is 21.8 Å². The van der Waals surface area contributed by atoms with Crippen LogP contribution >= 0.6 is 15.9 Å². The first-order valence-electron chi connectivity index (χ1n) is 11.5. The predicted molar refractivity (Wildman–Crippen MR) is 140 cm³/mol. The number of methoxy groups -OCH3 is 1. The summed E-state index contributed by atoms with van der Waals surface area (Å²) in [4.78, 5) is 28.1. The number of nitrogens with one attached hydrogen (secondary N) is 1. The molecule has 1 saturated carbocycles. The van der Waals surface area contributed by atoms with E-state index in [4.69, 9.17) is 4.74 Å². The summed E-state index contributed by atoms with van der Waals surface area (Å²) in [7, 11) is -2.20. The summed E-state index contributed by atoms with van der Waals surface area (Å²) in [5.74, 6) is -0.0940. The van der Waals surface area contributed by atoms with E-state index in [2.05, 4.69) is 21.2 Å². The fraction of sp³-hybridized carbons (Fsp3) is 0.440. The lowest BCUT2D eigenvalue weighted by atomic mass is 10.1. The molecule has 0 aromatic heterocycles. The Hall–Kier alpha value is -2.59. The van der Waals surface area contributed by atoms with Crippen LogP contribution < -0.4 is 14.4 Å². The summed E-state index contributed by atoms with van der Waals surface area (Å²) in [6.07, 6.45) is 5.05. The summed E-state index contributed by atoms with van der Waals surface area (Å²) < 4.78 is 32.3. The van der Waals surface area contributed by atoms with Gasteiger partial charge in [0.05, 0.1) is 19.1 Å². The van der Waals surface area contributed by atoms with Crippen LogP contribution in [-0.4, -0.2) is 57.1 Å². The van der Waals surface area contributed by atoms with E-state index in [1.165, 1.54) is 4.90 Å². The Morgan fingerprint density at radius 3 is 2.40 bits per heavy atom. The van der Waals surface area contributed by atoms with Crippen molar-refractivity contribution in [3.05, 3.63) is 58.6 Å². The minimum Gasteiger partial charge on any atom is -0.497 e. The standard InChI is InChI=1S/C25H32BrN3O5S/c1-18(25(31)27-21-8-4-5-9-21)28(16-19-7-6-10-23(15-19)34-2)24(30)17-29(35(3,32)33)22-13-11-20(26)12-14-22/h6-7,10-15,18,21H,4-5,8-9,16-17H2,1-3H3,(H,27,31)/t18-/m1/s1. The van der Waals surface area contributed by atoms with Gasteiger partial charge in [-0.1, -0.05) is 40.9 Å². The van der Waals surface area contributed by atoms with Crippen LogP contribution in [0.15, 0.2) is 53.0 Å². The van der Waals surface area contributed by atoms with Gasteiger partial charge in [-0.2, -0.15) is 0 Å². The zero-order valence-electron chi connectivity index (χ0n) is 20.2. The lowest BCUT2D eigenvalue weighted by Crippen LogP contribution is -2.52. The van der Waals surface area contributed by atoms with Gasteiger partial charge in [0, 0.05) is 17.1 Å². The third-order valence-electron chi connectivity index (χ3n) is 6.15. The molecule has 35 heavy (non-hydrogen) atoms. The lowest BCUT2D eigenvalue weighted by Gasteiger charge is -2.32. The molecule has 0 spiro atoms. The van der Waals surface area contributed by atoms with Crippen molar-refractivity contribution in [2.24, 2.45) is 0 Å². The van der Waals surface area contributed by atoms with Gasteiger partial charge in [-0.05, 0) is 61.7 Å². The molecule has 0 heterocycles. The summed E-state index contributed by atoms with van der Waals surface area (Å²) in [5, 5.41) is 3.05. The first-order valence-corrected chi connectivity index (χ1v) is 14.2. The van der Waals surface area contributed by atoms with Gasteiger partial charge in [0.15, 0.2) is 0 Å². The van der Waals surface area contributed by atoms with E-state index in [1.807, 2.05) is 12.1 Å². The molecule has 2 aromatic rings. The van der Waals surface area contributed by atoms with Gasteiger partial charge in [0.1, 0.15) is 18.3 Å². The number of amides is 2. The zero-order chi connectivity index (χ0) is 25.6. The van der Waals surface area contributed by atoms with E-state index in [9.17, 15) is 18.0 Å². The number of hydrogen-bond acceptors (Lipinski definition) is 5. The Balaban J connectivity index is 1.88. The Morgan fingerprint density at radius 1 is 1.14 bits per heavy atom. The van der Waals surface area contributed by atoms with Crippen LogP contribution in [0.5, 0.6) is 5.75 Å². The molecular weight excluding hydrogens is 534 g/mol. The van der Waals surface area contributed by atoms with Crippen LogP contribution in [0, 0.1) is 0 Å². The number of ether oxygens (including phenoxy) is 1. The number of carbonyl (C=O) groups excluding carboxylic acids is 2. The number of carbonyl (C=O) groups is 2. The summed E-state index contributed by atoms with van der Waals surface area (Å²) in [6.45, 7) is 1.38. The second-order valence-electron chi connectivity index (χ2n) is 8.79. The first kappa shape index (κ1) is 27.0. The Kier molecular flexibility index (Phi) is 9.18. The zero-order valence-corrected chi connectivity index (χ0v) is 22.6. The molecule has 0 saturated heterocycles. The van der Waals surface area contributed by atoms with Gasteiger partial charge >= 0.3 is 0 Å². The lowest BCUT2D eigenvalue weighted by molar-refractivity contribution is -0.139. The van der Waals surface area contributed by atoms with Gasteiger partial charge in [-0.25, -0.2) is 8.42 Å². The van der Waals surface area contributed by atoms with Crippen LogP contribution in [-0.2, 0) is 26.2 Å². The third kappa shape index (κ3) is 7.44. The number of nitrogens with zero attached hydrogens (tertiary/aromatic N) is 2. The maximum absolute atomic E-state index is 13.6. The Morgan fingerprint density at radius 2 is 1.80 bits per heavy atom. The molecule has 3 rings (SSSR count). The van der Waals surface area contributed by atoms with Crippen molar-refractivity contribution in [1.82, 2.24) is 10.2 Å². The van der Waals surface area contributed by atoms with Crippen LogP contribution in [0.2, 0.25) is 0 Å². The second-order valence-corrected chi connectivity index (χ2v) is 11.6. The van der Waals surface area contributed by atoms with E-state index in [0.717, 1.165) is 46.3 Å². The molecule has 2 amide bonds. The average Bonchev–Trinajstić information content (AvgIpc) is 3.33. The molecule has 8 nitrogen and oxygen atoms in total. The van der Waals surface area contributed by atoms with E-state index in [1.54, 1.807) is 50.4 Å². The maximum Gasteiger partial charge on any atom is 0.244 e. The van der Waals surface area contributed by atoms with E-state index < -0.39 is 28.5 Å². The number of anilines is 1. The van der Waals surface area contributed by atoms with Crippen LogP contribution in [0.4, 0.5) is 5.69 Å². The van der Waals surface area contributed by atoms with Crippen LogP contribution in [0.25, 0.3) is 0 Å². The van der Waals surface area contributed by atoms with Gasteiger partial charge < -0.3 is 15.0 Å². The highest BCUT2D eigenvalue weighted by molar-refractivity contribution is 9.10. The number of halogens is 1. The topological polar surface area (TPSA) is 96.0 Å². The highest BCUT2D eigenvalue weighted by atomic mass is 79.9. The minimum absolute atomic E-state index is 0.106. The normalized spacial score (nSPS) is 14.9. The minimum atomic E-state index is -3.76. The molecule has 0 unspecified atom stereocenters. The molecule has 0 radical (unpaired) electrons. The van der Waals surface area contributed by atoms with Crippen molar-refractivity contribution < 1.29 is 22.7 Å². The quantitative estimate of drug-likeness (QED) is 0.473. The van der Waals surface area contributed by atoms with E-state index in [0.29, 0.717) is 11.4 Å². The fourth-order valence-electron chi connectivity index (χ4n) is 4.16. The molecule has 1 aliphatic carbocycles. The highest BCUT2D eigenvalue weighted by Gasteiger charge is 2.31. The molecule has 1 aliphatic rings. The van der Waals surface area contributed by atoms with Gasteiger partial charge in [0.25, 0.3) is 0 Å². The van der Waals surface area contributed by atoms with Crippen molar-refractivity contribution in [2.75, 3.05) is 24.2 Å².